The molecule has 1 atom stereocenters. The predicted octanol–water partition coefficient (Wildman–Crippen LogP) is 5.15. The molecule has 0 fully saturated rings. The lowest BCUT2D eigenvalue weighted by Crippen LogP contribution is -2.30. The highest BCUT2D eigenvalue weighted by Gasteiger charge is 2.17. The molecule has 1 amide bonds. The van der Waals surface area contributed by atoms with Crippen LogP contribution >= 0.6 is 11.6 Å². The van der Waals surface area contributed by atoms with Crippen molar-refractivity contribution in [1.29, 1.82) is 0 Å². The van der Waals surface area contributed by atoms with Crippen LogP contribution in [0, 0.1) is 5.82 Å². The molecule has 0 bridgehead atoms. The van der Waals surface area contributed by atoms with Gasteiger partial charge in [0.1, 0.15) is 17.1 Å². The molecule has 0 radical (unpaired) electrons. The van der Waals surface area contributed by atoms with Crippen molar-refractivity contribution in [2.75, 3.05) is 5.32 Å². The van der Waals surface area contributed by atoms with Crippen molar-refractivity contribution in [2.24, 2.45) is 0 Å². The number of fused-ring (bicyclic) bond motifs is 1. The summed E-state index contributed by atoms with van der Waals surface area (Å²) >= 11 is 6.18. The maximum Gasteiger partial charge on any atom is 0.336 e. The van der Waals surface area contributed by atoms with Gasteiger partial charge in [-0.2, -0.15) is 0 Å². The first-order valence-electron chi connectivity index (χ1n) is 10.0. The van der Waals surface area contributed by atoms with Gasteiger partial charge in [0.05, 0.1) is 11.6 Å². The second-order valence-electron chi connectivity index (χ2n) is 7.37. The van der Waals surface area contributed by atoms with Crippen LogP contribution in [-0.4, -0.2) is 17.1 Å². The summed E-state index contributed by atoms with van der Waals surface area (Å²) in [6.07, 6.45) is -0.846. The number of carbonyl (C=O) groups is 1. The first kappa shape index (κ1) is 22.5. The number of rotatable bonds is 6. The number of anilines is 1. The monoisotopic (exact) mass is 467 g/mol. The van der Waals surface area contributed by atoms with Gasteiger partial charge in [-0.1, -0.05) is 23.7 Å². The Hall–Kier alpha value is -3.68. The maximum absolute atomic E-state index is 13.4. The van der Waals surface area contributed by atoms with Gasteiger partial charge in [0.2, 0.25) is 0 Å². The number of benzene rings is 3. The Balaban J connectivity index is 1.57. The molecule has 0 aliphatic rings. The molecular formula is C25H19ClFNO5. The number of halogens is 2. The maximum atomic E-state index is 13.4. The van der Waals surface area contributed by atoms with Gasteiger partial charge in [0.25, 0.3) is 5.91 Å². The number of ether oxygens (including phenoxy) is 1. The number of aliphatic hydroxyl groups is 1. The third-order valence-electron chi connectivity index (χ3n) is 5.02. The van der Waals surface area contributed by atoms with E-state index < -0.39 is 17.5 Å². The molecule has 1 aromatic heterocycles. The number of hydrogen-bond donors (Lipinski definition) is 2. The van der Waals surface area contributed by atoms with E-state index >= 15 is 0 Å². The van der Waals surface area contributed by atoms with Crippen LogP contribution < -0.4 is 15.7 Å². The van der Waals surface area contributed by atoms with E-state index in [-0.39, 0.29) is 23.1 Å². The largest absolute Gasteiger partial charge is 0.481 e. The van der Waals surface area contributed by atoms with Gasteiger partial charge in [-0.15, -0.1) is 0 Å². The fourth-order valence-corrected chi connectivity index (χ4v) is 3.61. The Morgan fingerprint density at radius 1 is 1.09 bits per heavy atom. The Bertz CT molecular complexity index is 1380. The van der Waals surface area contributed by atoms with E-state index in [2.05, 4.69) is 5.32 Å². The molecule has 4 rings (SSSR count). The van der Waals surface area contributed by atoms with Crippen molar-refractivity contribution < 1.29 is 23.4 Å². The number of aliphatic hydroxyl groups excluding tert-OH is 1. The van der Waals surface area contributed by atoms with Crippen molar-refractivity contribution in [2.45, 2.75) is 19.6 Å². The standard InChI is InChI=1S/C25H19ClFNO5/c1-14(25(31)28-17-5-2-15(13-29)3-6-17)32-18-7-9-20-21(12-24(30)33-23(20)11-18)19-8-4-16(27)10-22(19)26/h2-12,14,29H,13H2,1H3,(H,28,31). The van der Waals surface area contributed by atoms with Crippen molar-refractivity contribution in [1.82, 2.24) is 0 Å². The lowest BCUT2D eigenvalue weighted by atomic mass is 10.0. The molecule has 168 valence electrons. The lowest BCUT2D eigenvalue weighted by molar-refractivity contribution is -0.122. The highest BCUT2D eigenvalue weighted by atomic mass is 35.5. The molecule has 6 nitrogen and oxygen atoms in total. The molecule has 2 N–H and O–H groups in total. The summed E-state index contributed by atoms with van der Waals surface area (Å²) < 4.78 is 24.5. The Labute approximate surface area is 193 Å². The molecule has 1 heterocycles. The highest BCUT2D eigenvalue weighted by molar-refractivity contribution is 6.33. The van der Waals surface area contributed by atoms with Crippen LogP contribution in [0.2, 0.25) is 5.02 Å². The highest BCUT2D eigenvalue weighted by Crippen LogP contribution is 2.34. The molecule has 33 heavy (non-hydrogen) atoms. The van der Waals surface area contributed by atoms with E-state index in [1.807, 2.05) is 0 Å². The van der Waals surface area contributed by atoms with Gasteiger partial charge < -0.3 is 19.6 Å². The Morgan fingerprint density at radius 2 is 1.85 bits per heavy atom. The molecular weight excluding hydrogens is 449 g/mol. The zero-order valence-corrected chi connectivity index (χ0v) is 18.2. The molecule has 4 aromatic rings. The summed E-state index contributed by atoms with van der Waals surface area (Å²) in [5.74, 6) is -0.533. The third-order valence-corrected chi connectivity index (χ3v) is 5.34. The minimum Gasteiger partial charge on any atom is -0.481 e. The second-order valence-corrected chi connectivity index (χ2v) is 7.77. The zero-order valence-electron chi connectivity index (χ0n) is 17.5. The fraction of sp³-hybridized carbons (Fsp3) is 0.120. The van der Waals surface area contributed by atoms with Gasteiger partial charge in [0, 0.05) is 34.3 Å². The van der Waals surface area contributed by atoms with Gasteiger partial charge in [-0.05, 0) is 55.0 Å². The summed E-state index contributed by atoms with van der Waals surface area (Å²) in [7, 11) is 0. The summed E-state index contributed by atoms with van der Waals surface area (Å²) in [5.41, 5.74) is 1.92. The third kappa shape index (κ3) is 5.05. The predicted molar refractivity (Wildman–Crippen MR) is 124 cm³/mol. The average Bonchev–Trinajstić information content (AvgIpc) is 2.79. The molecule has 0 saturated heterocycles. The molecule has 1 unspecified atom stereocenters. The summed E-state index contributed by atoms with van der Waals surface area (Å²) in [5, 5.41) is 12.6. The summed E-state index contributed by atoms with van der Waals surface area (Å²) in [4.78, 5) is 24.6. The quantitative estimate of drug-likeness (QED) is 0.383. The van der Waals surface area contributed by atoms with Crippen molar-refractivity contribution in [3.63, 3.8) is 0 Å². The van der Waals surface area contributed by atoms with Gasteiger partial charge in [-0.3, -0.25) is 4.79 Å². The van der Waals surface area contributed by atoms with E-state index in [0.29, 0.717) is 28.0 Å². The van der Waals surface area contributed by atoms with E-state index in [4.69, 9.17) is 25.9 Å². The van der Waals surface area contributed by atoms with Gasteiger partial charge in [-0.25, -0.2) is 9.18 Å². The van der Waals surface area contributed by atoms with Crippen LogP contribution in [0.4, 0.5) is 10.1 Å². The Kier molecular flexibility index (Phi) is 6.44. The number of carbonyl (C=O) groups excluding carboxylic acids is 1. The lowest BCUT2D eigenvalue weighted by Gasteiger charge is -2.15. The van der Waals surface area contributed by atoms with Crippen molar-refractivity contribution in [3.05, 3.63) is 93.6 Å². The van der Waals surface area contributed by atoms with E-state index in [1.54, 1.807) is 43.3 Å². The first-order chi connectivity index (χ1) is 15.8. The summed E-state index contributed by atoms with van der Waals surface area (Å²) in [6, 6.07) is 16.8. The molecule has 0 saturated carbocycles. The van der Waals surface area contributed by atoms with Crippen LogP contribution in [-0.2, 0) is 11.4 Å². The molecule has 0 spiro atoms. The van der Waals surface area contributed by atoms with Crippen molar-refractivity contribution in [3.8, 4) is 16.9 Å². The number of hydrogen-bond acceptors (Lipinski definition) is 5. The molecule has 8 heteroatoms. The van der Waals surface area contributed by atoms with Crippen LogP contribution in [0.3, 0.4) is 0 Å². The number of amides is 1. The fourth-order valence-electron chi connectivity index (χ4n) is 3.34. The number of nitrogens with one attached hydrogen (secondary N) is 1. The van der Waals surface area contributed by atoms with Gasteiger partial charge >= 0.3 is 5.63 Å². The minimum atomic E-state index is -0.846. The van der Waals surface area contributed by atoms with Gasteiger partial charge in [0.15, 0.2) is 6.10 Å². The smallest absolute Gasteiger partial charge is 0.336 e. The van der Waals surface area contributed by atoms with Crippen LogP contribution in [0.15, 0.2) is 75.9 Å². The van der Waals surface area contributed by atoms with E-state index in [1.165, 1.54) is 30.3 Å². The molecule has 0 aliphatic heterocycles. The molecule has 0 aliphatic carbocycles. The Morgan fingerprint density at radius 3 is 2.55 bits per heavy atom. The zero-order chi connectivity index (χ0) is 23.5. The van der Waals surface area contributed by atoms with Crippen molar-refractivity contribution >= 4 is 34.2 Å². The normalized spacial score (nSPS) is 11.9. The van der Waals surface area contributed by atoms with E-state index in [0.717, 1.165) is 5.56 Å². The SMILES string of the molecule is CC(Oc1ccc2c(-c3ccc(F)cc3Cl)cc(=O)oc2c1)C(=O)Nc1ccc(CO)cc1. The topological polar surface area (TPSA) is 88.8 Å². The van der Waals surface area contributed by atoms with Crippen LogP contribution in [0.1, 0.15) is 12.5 Å². The molecule has 3 aromatic carbocycles. The van der Waals surface area contributed by atoms with E-state index in [9.17, 15) is 14.0 Å². The second kappa shape index (κ2) is 9.44. The van der Waals surface area contributed by atoms with Crippen LogP contribution in [0.25, 0.3) is 22.1 Å². The summed E-state index contributed by atoms with van der Waals surface area (Å²) in [6.45, 7) is 1.51. The average molecular weight is 468 g/mol. The minimum absolute atomic E-state index is 0.0824. The van der Waals surface area contributed by atoms with Crippen LogP contribution in [0.5, 0.6) is 5.75 Å². The first-order valence-corrected chi connectivity index (χ1v) is 10.4.